The summed E-state index contributed by atoms with van der Waals surface area (Å²) in [6.45, 7) is 8.45. The highest BCUT2D eigenvalue weighted by Crippen LogP contribution is 2.37. The Hall–Kier alpha value is -2.67. The molecule has 3 aromatic rings. The maximum atomic E-state index is 5.77. The molecule has 0 spiro atoms. The summed E-state index contributed by atoms with van der Waals surface area (Å²) in [5.41, 5.74) is 4.30. The normalized spacial score (nSPS) is 17.2. The van der Waals surface area contributed by atoms with Gasteiger partial charge >= 0.3 is 0 Å². The van der Waals surface area contributed by atoms with Crippen molar-refractivity contribution in [1.29, 1.82) is 0 Å². The number of anilines is 1. The fourth-order valence-electron chi connectivity index (χ4n) is 3.68. The average molecular weight is 381 g/mol. The van der Waals surface area contributed by atoms with E-state index in [2.05, 4.69) is 46.5 Å². The third-order valence-electron chi connectivity index (χ3n) is 5.32. The zero-order chi connectivity index (χ0) is 19.6. The van der Waals surface area contributed by atoms with Crippen LogP contribution in [0.25, 0.3) is 11.0 Å². The van der Waals surface area contributed by atoms with Crippen molar-refractivity contribution in [3.63, 3.8) is 0 Å². The molecule has 1 fully saturated rings. The van der Waals surface area contributed by atoms with Gasteiger partial charge in [-0.15, -0.1) is 0 Å². The third-order valence-corrected chi connectivity index (χ3v) is 5.32. The Morgan fingerprint density at radius 3 is 3.07 bits per heavy atom. The third kappa shape index (κ3) is 3.54. The van der Waals surface area contributed by atoms with E-state index in [1.54, 1.807) is 12.4 Å². The smallest absolute Gasteiger partial charge is 0.217 e. The van der Waals surface area contributed by atoms with Crippen molar-refractivity contribution in [1.82, 2.24) is 20.2 Å². The Bertz CT molecular complexity index is 947. The molecule has 1 saturated heterocycles. The van der Waals surface area contributed by atoms with Gasteiger partial charge in [0.25, 0.3) is 0 Å². The molecule has 0 radical (unpaired) electrons. The maximum Gasteiger partial charge on any atom is 0.217 e. The van der Waals surface area contributed by atoms with Crippen LogP contribution in [0.3, 0.4) is 0 Å². The predicted molar refractivity (Wildman–Crippen MR) is 109 cm³/mol. The molecule has 0 aliphatic carbocycles. The minimum absolute atomic E-state index is 0.255. The van der Waals surface area contributed by atoms with E-state index in [0.717, 1.165) is 54.0 Å². The number of ether oxygens (including phenoxy) is 2. The van der Waals surface area contributed by atoms with Crippen LogP contribution < -0.4 is 10.1 Å². The molecule has 7 nitrogen and oxygen atoms in total. The quantitative estimate of drug-likeness (QED) is 0.650. The second-order valence-electron chi connectivity index (χ2n) is 7.62. The van der Waals surface area contributed by atoms with Crippen molar-refractivity contribution in [2.75, 3.05) is 25.1 Å². The lowest BCUT2D eigenvalue weighted by Gasteiger charge is -2.27. The van der Waals surface area contributed by atoms with Gasteiger partial charge in [-0.25, -0.2) is 9.97 Å². The highest BCUT2D eigenvalue weighted by atomic mass is 16.5. The van der Waals surface area contributed by atoms with Gasteiger partial charge in [0.15, 0.2) is 0 Å². The van der Waals surface area contributed by atoms with Gasteiger partial charge in [-0.2, -0.15) is 5.10 Å². The largest absolute Gasteiger partial charge is 0.478 e. The van der Waals surface area contributed by atoms with Crippen LogP contribution in [0.5, 0.6) is 5.88 Å². The van der Waals surface area contributed by atoms with Gasteiger partial charge in [-0.1, -0.05) is 6.07 Å². The highest BCUT2D eigenvalue weighted by Gasteiger charge is 2.30. The number of hydrogen-bond donors (Lipinski definition) is 2. The number of rotatable bonds is 7. The van der Waals surface area contributed by atoms with Crippen LogP contribution in [0, 0.1) is 0 Å². The second kappa shape index (κ2) is 7.75. The van der Waals surface area contributed by atoms with Gasteiger partial charge in [0.1, 0.15) is 11.0 Å². The zero-order valence-electron chi connectivity index (χ0n) is 16.7. The Kier molecular flexibility index (Phi) is 5.17. The average Bonchev–Trinajstić information content (AvgIpc) is 3.38. The lowest BCUT2D eigenvalue weighted by atomic mass is 9.81. The fraction of sp³-hybridized carbons (Fsp3) is 0.476. The Balaban J connectivity index is 1.71. The number of nitrogens with one attached hydrogen (secondary N) is 2. The van der Waals surface area contributed by atoms with Crippen LogP contribution in [-0.4, -0.2) is 46.0 Å². The summed E-state index contributed by atoms with van der Waals surface area (Å²) in [6.07, 6.45) is 5.99. The summed E-state index contributed by atoms with van der Waals surface area (Å²) in [5.74, 6) is 0.651. The van der Waals surface area contributed by atoms with E-state index in [4.69, 9.17) is 14.5 Å². The van der Waals surface area contributed by atoms with Gasteiger partial charge in [0, 0.05) is 30.3 Å². The summed E-state index contributed by atoms with van der Waals surface area (Å²) in [7, 11) is 0. The number of nitrogens with zero attached hydrogens (tertiary/aromatic N) is 3. The molecule has 4 rings (SSSR count). The van der Waals surface area contributed by atoms with Gasteiger partial charge < -0.3 is 14.8 Å². The molecule has 28 heavy (non-hydrogen) atoms. The molecule has 1 aliphatic rings. The fourth-order valence-corrected chi connectivity index (χ4v) is 3.68. The summed E-state index contributed by atoms with van der Waals surface area (Å²) < 4.78 is 11.5. The van der Waals surface area contributed by atoms with Crippen LogP contribution >= 0.6 is 0 Å². The van der Waals surface area contributed by atoms with E-state index < -0.39 is 0 Å². The van der Waals surface area contributed by atoms with Gasteiger partial charge in [0.05, 0.1) is 30.3 Å². The van der Waals surface area contributed by atoms with Crippen molar-refractivity contribution >= 4 is 16.7 Å². The van der Waals surface area contributed by atoms with Gasteiger partial charge in [0.2, 0.25) is 5.88 Å². The molecule has 1 aliphatic heterocycles. The summed E-state index contributed by atoms with van der Waals surface area (Å²) in [6, 6.07) is 6.09. The minimum Gasteiger partial charge on any atom is -0.478 e. The molecular formula is C21H27N5O2. The first-order valence-electron chi connectivity index (χ1n) is 9.88. The Morgan fingerprint density at radius 1 is 1.39 bits per heavy atom. The molecule has 4 heterocycles. The first kappa shape index (κ1) is 18.7. The molecule has 3 aromatic heterocycles. The highest BCUT2D eigenvalue weighted by molar-refractivity contribution is 5.87. The molecule has 0 amide bonds. The molecule has 1 atom stereocenters. The first-order chi connectivity index (χ1) is 13.6. The first-order valence-corrected chi connectivity index (χ1v) is 9.88. The number of pyridine rings is 2. The molecular weight excluding hydrogens is 354 g/mol. The maximum absolute atomic E-state index is 5.77. The molecule has 7 heteroatoms. The Labute approximate surface area is 164 Å². The van der Waals surface area contributed by atoms with E-state index in [1.807, 2.05) is 13.0 Å². The van der Waals surface area contributed by atoms with E-state index in [1.165, 1.54) is 0 Å². The summed E-state index contributed by atoms with van der Waals surface area (Å²) in [5, 5.41) is 10.8. The SMILES string of the molecule is CCOc1ncccc1C(C)(C)c1cc(NC[C@@H]2CCCO2)c2[nH]ncc2n1. The Morgan fingerprint density at radius 2 is 2.29 bits per heavy atom. The van der Waals surface area contributed by atoms with Gasteiger partial charge in [-0.05, 0) is 45.7 Å². The van der Waals surface area contributed by atoms with Gasteiger partial charge in [-0.3, -0.25) is 5.10 Å². The predicted octanol–water partition coefficient (Wildman–Crippen LogP) is 3.67. The molecule has 148 valence electrons. The van der Waals surface area contributed by atoms with E-state index >= 15 is 0 Å². The van der Waals surface area contributed by atoms with Crippen LogP contribution in [0.4, 0.5) is 5.69 Å². The number of aromatic nitrogens is 4. The molecule has 0 unspecified atom stereocenters. The molecule has 0 bridgehead atoms. The number of fused-ring (bicyclic) bond motifs is 1. The summed E-state index contributed by atoms with van der Waals surface area (Å²) >= 11 is 0. The van der Waals surface area contributed by atoms with Crippen molar-refractivity contribution in [3.05, 3.63) is 41.9 Å². The minimum atomic E-state index is -0.384. The summed E-state index contributed by atoms with van der Waals surface area (Å²) in [4.78, 5) is 9.30. The van der Waals surface area contributed by atoms with Crippen molar-refractivity contribution in [2.45, 2.75) is 45.1 Å². The van der Waals surface area contributed by atoms with E-state index in [9.17, 15) is 0 Å². The second-order valence-corrected chi connectivity index (χ2v) is 7.62. The van der Waals surface area contributed by atoms with Crippen molar-refractivity contribution in [2.24, 2.45) is 0 Å². The van der Waals surface area contributed by atoms with E-state index in [-0.39, 0.29) is 11.5 Å². The standard InChI is InChI=1S/C21H27N5O2/c1-4-27-20-15(8-5-9-22-20)21(2,3)18-11-16(19-17(25-18)13-24-26-19)23-12-14-7-6-10-28-14/h5,8-9,11,13-14H,4,6-7,10,12H2,1-3H3,(H,23,25)(H,24,26)/t14-/m0/s1. The lowest BCUT2D eigenvalue weighted by molar-refractivity contribution is 0.120. The molecule has 0 aromatic carbocycles. The van der Waals surface area contributed by atoms with Crippen LogP contribution in [-0.2, 0) is 10.2 Å². The number of aromatic amines is 1. The van der Waals surface area contributed by atoms with Crippen LogP contribution in [0.2, 0.25) is 0 Å². The molecule has 0 saturated carbocycles. The zero-order valence-corrected chi connectivity index (χ0v) is 16.7. The van der Waals surface area contributed by atoms with E-state index in [0.29, 0.717) is 12.5 Å². The van der Waals surface area contributed by atoms with Crippen molar-refractivity contribution < 1.29 is 9.47 Å². The van der Waals surface area contributed by atoms with Crippen LogP contribution in [0.1, 0.15) is 44.9 Å². The van der Waals surface area contributed by atoms with Crippen LogP contribution in [0.15, 0.2) is 30.6 Å². The topological polar surface area (TPSA) is 85.0 Å². The monoisotopic (exact) mass is 381 g/mol. The van der Waals surface area contributed by atoms with Crippen molar-refractivity contribution in [3.8, 4) is 5.88 Å². The lowest BCUT2D eigenvalue weighted by Crippen LogP contribution is -2.23. The molecule has 2 N–H and O–H groups in total. The number of H-pyrrole nitrogens is 1. The number of hydrogen-bond acceptors (Lipinski definition) is 6.